The van der Waals surface area contributed by atoms with E-state index in [-0.39, 0.29) is 0 Å². The van der Waals surface area contributed by atoms with Crippen molar-refractivity contribution < 1.29 is 0 Å². The van der Waals surface area contributed by atoms with Crippen molar-refractivity contribution in [3.05, 3.63) is 0 Å². The van der Waals surface area contributed by atoms with Crippen LogP contribution in [0.25, 0.3) is 0 Å². The van der Waals surface area contributed by atoms with Gasteiger partial charge in [-0.3, -0.25) is 4.90 Å². The summed E-state index contributed by atoms with van der Waals surface area (Å²) in [7, 11) is 4.51. The average molecular weight is 296 g/mol. The first-order chi connectivity index (χ1) is 10.1. The maximum atomic E-state index is 3.59. The van der Waals surface area contributed by atoms with Crippen molar-refractivity contribution in [2.24, 2.45) is 11.8 Å². The number of likely N-dealkylation sites (tertiary alicyclic amines) is 1. The molecule has 21 heavy (non-hydrogen) atoms. The maximum Gasteiger partial charge on any atom is 0.0249 e. The average Bonchev–Trinajstić information content (AvgIpc) is 2.93. The van der Waals surface area contributed by atoms with Crippen LogP contribution in [0.5, 0.6) is 0 Å². The van der Waals surface area contributed by atoms with E-state index >= 15 is 0 Å². The molecule has 4 atom stereocenters. The monoisotopic (exact) mass is 295 g/mol. The van der Waals surface area contributed by atoms with Crippen LogP contribution in [0.1, 0.15) is 52.9 Å². The zero-order valence-corrected chi connectivity index (χ0v) is 14.9. The minimum absolute atomic E-state index is 0.682. The highest BCUT2D eigenvalue weighted by Gasteiger charge is 2.35. The third kappa shape index (κ3) is 4.20. The molecule has 1 heterocycles. The van der Waals surface area contributed by atoms with Crippen LogP contribution in [-0.2, 0) is 0 Å². The molecule has 2 rings (SSSR count). The molecule has 0 spiro atoms. The lowest BCUT2D eigenvalue weighted by Crippen LogP contribution is -2.54. The fourth-order valence-corrected chi connectivity index (χ4v) is 4.59. The van der Waals surface area contributed by atoms with Crippen LogP contribution in [0.2, 0.25) is 0 Å². The molecule has 0 aromatic carbocycles. The Morgan fingerprint density at radius 1 is 1.24 bits per heavy atom. The number of rotatable bonds is 6. The van der Waals surface area contributed by atoms with Gasteiger partial charge in [-0.1, -0.05) is 20.8 Å². The molecule has 1 aliphatic carbocycles. The Bertz CT molecular complexity index is 305. The van der Waals surface area contributed by atoms with Gasteiger partial charge in [-0.05, 0) is 71.1 Å². The topological polar surface area (TPSA) is 18.5 Å². The van der Waals surface area contributed by atoms with Gasteiger partial charge < -0.3 is 10.2 Å². The molecule has 1 saturated heterocycles. The Morgan fingerprint density at radius 2 is 2.00 bits per heavy atom. The Kier molecular flexibility index (Phi) is 6.51. The van der Waals surface area contributed by atoms with Crippen molar-refractivity contribution in [3.63, 3.8) is 0 Å². The Morgan fingerprint density at radius 3 is 2.62 bits per heavy atom. The van der Waals surface area contributed by atoms with Gasteiger partial charge >= 0.3 is 0 Å². The van der Waals surface area contributed by atoms with Crippen LogP contribution in [0, 0.1) is 11.8 Å². The van der Waals surface area contributed by atoms with E-state index in [1.165, 1.54) is 51.7 Å². The fourth-order valence-electron chi connectivity index (χ4n) is 4.59. The molecule has 0 amide bonds. The molecule has 3 nitrogen and oxygen atoms in total. The largest absolute Gasteiger partial charge is 0.315 e. The first kappa shape index (κ1) is 17.2. The number of nitrogens with one attached hydrogen (secondary N) is 1. The van der Waals surface area contributed by atoms with Crippen LogP contribution in [0.15, 0.2) is 0 Å². The highest BCUT2D eigenvalue weighted by molar-refractivity contribution is 4.92. The van der Waals surface area contributed by atoms with Crippen LogP contribution in [0.3, 0.4) is 0 Å². The van der Waals surface area contributed by atoms with E-state index in [4.69, 9.17) is 0 Å². The molecular weight excluding hydrogens is 258 g/mol. The number of likely N-dealkylation sites (N-methyl/N-ethyl adjacent to an activating group) is 3. The van der Waals surface area contributed by atoms with Crippen molar-refractivity contribution in [1.29, 1.82) is 0 Å². The molecule has 124 valence electrons. The summed E-state index contributed by atoms with van der Waals surface area (Å²) in [6, 6.07) is 2.19. The SMILES string of the molecule is CCN1CCCC1CN(C)C1CC(C(C)C)CCC1NC. The first-order valence-corrected chi connectivity index (χ1v) is 9.18. The summed E-state index contributed by atoms with van der Waals surface area (Å²) >= 11 is 0. The zero-order valence-electron chi connectivity index (χ0n) is 14.9. The Hall–Kier alpha value is -0.120. The lowest BCUT2D eigenvalue weighted by molar-refractivity contribution is 0.0842. The molecule has 2 aliphatic rings. The van der Waals surface area contributed by atoms with Gasteiger partial charge in [0, 0.05) is 24.7 Å². The predicted molar refractivity (Wildman–Crippen MR) is 91.7 cm³/mol. The molecule has 4 unspecified atom stereocenters. The second-order valence-corrected chi connectivity index (χ2v) is 7.64. The third-order valence-electron chi connectivity index (χ3n) is 6.14. The maximum absolute atomic E-state index is 3.59. The normalized spacial score (nSPS) is 35.0. The van der Waals surface area contributed by atoms with Crippen LogP contribution in [-0.4, -0.2) is 61.7 Å². The molecule has 2 fully saturated rings. The summed E-state index contributed by atoms with van der Waals surface area (Å²) in [5.74, 6) is 1.74. The predicted octanol–water partition coefficient (Wildman–Crippen LogP) is 2.82. The highest BCUT2D eigenvalue weighted by atomic mass is 15.2. The van der Waals surface area contributed by atoms with Gasteiger partial charge in [0.05, 0.1) is 0 Å². The summed E-state index contributed by atoms with van der Waals surface area (Å²) in [5, 5.41) is 3.59. The van der Waals surface area contributed by atoms with Crippen molar-refractivity contribution in [1.82, 2.24) is 15.1 Å². The molecule has 1 aliphatic heterocycles. The van der Waals surface area contributed by atoms with Crippen molar-refractivity contribution in [2.75, 3.05) is 33.7 Å². The van der Waals surface area contributed by atoms with E-state index in [9.17, 15) is 0 Å². The lowest BCUT2D eigenvalue weighted by atomic mass is 9.76. The van der Waals surface area contributed by atoms with E-state index in [2.05, 4.69) is 50.0 Å². The van der Waals surface area contributed by atoms with Gasteiger partial charge in [-0.25, -0.2) is 0 Å². The molecular formula is C18H37N3. The lowest BCUT2D eigenvalue weighted by Gasteiger charge is -2.43. The Balaban J connectivity index is 1.95. The van der Waals surface area contributed by atoms with E-state index in [1.807, 2.05) is 0 Å². The molecule has 0 aromatic heterocycles. The minimum Gasteiger partial charge on any atom is -0.315 e. The second kappa shape index (κ2) is 7.94. The van der Waals surface area contributed by atoms with Crippen LogP contribution >= 0.6 is 0 Å². The smallest absolute Gasteiger partial charge is 0.0249 e. The summed E-state index contributed by atoms with van der Waals surface area (Å²) in [5.41, 5.74) is 0. The molecule has 0 aromatic rings. The summed E-state index contributed by atoms with van der Waals surface area (Å²) in [6.07, 6.45) is 6.90. The van der Waals surface area contributed by atoms with Crippen LogP contribution < -0.4 is 5.32 Å². The Labute approximate surface area is 132 Å². The van der Waals surface area contributed by atoms with Crippen molar-refractivity contribution in [2.45, 2.75) is 71.0 Å². The quantitative estimate of drug-likeness (QED) is 0.813. The highest BCUT2D eigenvalue weighted by Crippen LogP contribution is 2.33. The van der Waals surface area contributed by atoms with E-state index in [0.717, 1.165) is 23.9 Å². The molecule has 1 saturated carbocycles. The van der Waals surface area contributed by atoms with Gasteiger partial charge in [0.1, 0.15) is 0 Å². The van der Waals surface area contributed by atoms with Gasteiger partial charge in [-0.15, -0.1) is 0 Å². The second-order valence-electron chi connectivity index (χ2n) is 7.64. The minimum atomic E-state index is 0.682. The molecule has 1 N–H and O–H groups in total. The number of nitrogens with zero attached hydrogens (tertiary/aromatic N) is 2. The van der Waals surface area contributed by atoms with Gasteiger partial charge in [0.25, 0.3) is 0 Å². The van der Waals surface area contributed by atoms with Crippen molar-refractivity contribution in [3.8, 4) is 0 Å². The van der Waals surface area contributed by atoms with Gasteiger partial charge in [-0.2, -0.15) is 0 Å². The van der Waals surface area contributed by atoms with Gasteiger partial charge in [0.2, 0.25) is 0 Å². The third-order valence-corrected chi connectivity index (χ3v) is 6.14. The first-order valence-electron chi connectivity index (χ1n) is 9.18. The molecule has 3 heteroatoms. The standard InChI is InChI=1S/C18H37N3/c1-6-21-11-7-8-16(21)13-20(5)18-12-15(14(2)3)9-10-17(18)19-4/h14-19H,6-13H2,1-5H3. The van der Waals surface area contributed by atoms with Gasteiger partial charge in [0.15, 0.2) is 0 Å². The summed E-state index contributed by atoms with van der Waals surface area (Å²) in [6.45, 7) is 10.9. The number of hydrogen-bond donors (Lipinski definition) is 1. The van der Waals surface area contributed by atoms with E-state index in [1.54, 1.807) is 0 Å². The van der Waals surface area contributed by atoms with Crippen molar-refractivity contribution >= 4 is 0 Å². The molecule has 0 radical (unpaired) electrons. The zero-order chi connectivity index (χ0) is 15.4. The van der Waals surface area contributed by atoms with E-state index < -0.39 is 0 Å². The number of hydrogen-bond acceptors (Lipinski definition) is 3. The fraction of sp³-hybridized carbons (Fsp3) is 1.00. The molecule has 0 bridgehead atoms. The van der Waals surface area contributed by atoms with E-state index in [0.29, 0.717) is 6.04 Å². The van der Waals surface area contributed by atoms with Crippen LogP contribution in [0.4, 0.5) is 0 Å². The summed E-state index contributed by atoms with van der Waals surface area (Å²) in [4.78, 5) is 5.35. The summed E-state index contributed by atoms with van der Waals surface area (Å²) < 4.78 is 0.